The lowest BCUT2D eigenvalue weighted by atomic mass is 9.99. The van der Waals surface area contributed by atoms with E-state index in [-0.39, 0.29) is 6.03 Å². The van der Waals surface area contributed by atoms with Crippen molar-refractivity contribution in [3.63, 3.8) is 0 Å². The maximum Gasteiger partial charge on any atom is 0.319 e. The van der Waals surface area contributed by atoms with Crippen LogP contribution in [0.15, 0.2) is 42.5 Å². The first-order valence-electron chi connectivity index (χ1n) is 9.92. The number of anilines is 1. The van der Waals surface area contributed by atoms with Gasteiger partial charge >= 0.3 is 6.03 Å². The Morgan fingerprint density at radius 3 is 2.56 bits per heavy atom. The largest absolute Gasteiger partial charge is 0.334 e. The third-order valence-corrected chi connectivity index (χ3v) is 5.25. The maximum absolute atomic E-state index is 12.2. The molecule has 4 nitrogen and oxygen atoms in total. The summed E-state index contributed by atoms with van der Waals surface area (Å²) in [6, 6.07) is 14.4. The number of amides is 2. The minimum absolute atomic E-state index is 0.173. The molecule has 1 saturated heterocycles. The van der Waals surface area contributed by atoms with Crippen LogP contribution in [-0.4, -0.2) is 24.0 Å². The van der Waals surface area contributed by atoms with Gasteiger partial charge in [-0.15, -0.1) is 0 Å². The van der Waals surface area contributed by atoms with E-state index >= 15 is 0 Å². The van der Waals surface area contributed by atoms with Crippen LogP contribution in [0.25, 0.3) is 0 Å². The third-order valence-electron chi connectivity index (χ3n) is 5.25. The van der Waals surface area contributed by atoms with E-state index in [4.69, 9.17) is 0 Å². The number of likely N-dealkylation sites (tertiary alicyclic amines) is 1. The van der Waals surface area contributed by atoms with Crippen LogP contribution in [0, 0.1) is 19.8 Å². The van der Waals surface area contributed by atoms with Crippen LogP contribution < -0.4 is 10.6 Å². The number of aryl methyl sites for hydroxylation is 2. The summed E-state index contributed by atoms with van der Waals surface area (Å²) < 4.78 is 0. The van der Waals surface area contributed by atoms with Crippen LogP contribution in [0.3, 0.4) is 0 Å². The zero-order chi connectivity index (χ0) is 19.2. The van der Waals surface area contributed by atoms with Crippen molar-refractivity contribution in [3.8, 4) is 0 Å². The minimum Gasteiger partial charge on any atom is -0.334 e. The van der Waals surface area contributed by atoms with Crippen molar-refractivity contribution in [2.75, 3.05) is 18.4 Å². The molecule has 0 spiro atoms. The zero-order valence-corrected chi connectivity index (χ0v) is 16.7. The Hall–Kier alpha value is -2.33. The van der Waals surface area contributed by atoms with Crippen molar-refractivity contribution in [1.82, 2.24) is 10.2 Å². The number of nitrogens with zero attached hydrogens (tertiary/aromatic N) is 1. The smallest absolute Gasteiger partial charge is 0.319 e. The van der Waals surface area contributed by atoms with Crippen LogP contribution in [0.4, 0.5) is 10.5 Å². The number of urea groups is 1. The molecule has 2 aromatic rings. The second-order valence-electron chi connectivity index (χ2n) is 7.93. The molecule has 1 aliphatic rings. The number of rotatable bonds is 5. The van der Waals surface area contributed by atoms with Gasteiger partial charge in [-0.1, -0.05) is 48.9 Å². The Kier molecular flexibility index (Phi) is 6.51. The van der Waals surface area contributed by atoms with Crippen molar-refractivity contribution in [3.05, 3.63) is 64.7 Å². The summed E-state index contributed by atoms with van der Waals surface area (Å²) >= 11 is 0. The molecule has 0 unspecified atom stereocenters. The lowest BCUT2D eigenvalue weighted by Crippen LogP contribution is -2.33. The van der Waals surface area contributed by atoms with Gasteiger partial charge < -0.3 is 10.6 Å². The summed E-state index contributed by atoms with van der Waals surface area (Å²) in [6.07, 6.45) is 2.66. The Labute approximate surface area is 163 Å². The second kappa shape index (κ2) is 9.05. The molecule has 1 atom stereocenters. The summed E-state index contributed by atoms with van der Waals surface area (Å²) in [6.45, 7) is 10.3. The fourth-order valence-corrected chi connectivity index (χ4v) is 3.75. The third kappa shape index (κ3) is 5.83. The maximum atomic E-state index is 12.2. The Morgan fingerprint density at radius 1 is 1.11 bits per heavy atom. The quantitative estimate of drug-likeness (QED) is 0.795. The normalized spacial score (nSPS) is 17.5. The van der Waals surface area contributed by atoms with Crippen molar-refractivity contribution in [2.45, 2.75) is 46.7 Å². The molecule has 2 aromatic carbocycles. The summed E-state index contributed by atoms with van der Waals surface area (Å²) in [7, 11) is 0. The van der Waals surface area contributed by atoms with Crippen LogP contribution >= 0.6 is 0 Å². The molecule has 3 rings (SSSR count). The number of piperidine rings is 1. The standard InChI is InChI=1S/C23H31N3O/c1-17-6-11-22(19(3)13-17)25-23(27)24-14-20-7-9-21(10-8-20)16-26-12-4-5-18(2)15-26/h6-11,13,18H,4-5,12,14-16H2,1-3H3,(H2,24,25,27)/t18-/m1/s1. The first-order chi connectivity index (χ1) is 13.0. The average Bonchev–Trinajstić information content (AvgIpc) is 2.64. The molecule has 2 N–H and O–H groups in total. The fraction of sp³-hybridized carbons (Fsp3) is 0.435. The van der Waals surface area contributed by atoms with Crippen LogP contribution in [0.1, 0.15) is 42.0 Å². The Bertz CT molecular complexity index is 770. The van der Waals surface area contributed by atoms with Crippen LogP contribution in [-0.2, 0) is 13.1 Å². The Morgan fingerprint density at radius 2 is 1.85 bits per heavy atom. The highest BCUT2D eigenvalue weighted by Gasteiger charge is 2.16. The second-order valence-corrected chi connectivity index (χ2v) is 7.93. The lowest BCUT2D eigenvalue weighted by Gasteiger charge is -2.30. The van der Waals surface area contributed by atoms with Gasteiger partial charge in [0.1, 0.15) is 0 Å². The van der Waals surface area contributed by atoms with Gasteiger partial charge in [0.05, 0.1) is 0 Å². The van der Waals surface area contributed by atoms with Gasteiger partial charge in [0, 0.05) is 25.3 Å². The van der Waals surface area contributed by atoms with Gasteiger partial charge in [0.15, 0.2) is 0 Å². The molecule has 4 heteroatoms. The Balaban J connectivity index is 1.47. The summed E-state index contributed by atoms with van der Waals surface area (Å²) in [5, 5.41) is 5.86. The molecule has 0 radical (unpaired) electrons. The number of nitrogens with one attached hydrogen (secondary N) is 2. The summed E-state index contributed by atoms with van der Waals surface area (Å²) in [5.41, 5.74) is 5.57. The molecule has 27 heavy (non-hydrogen) atoms. The van der Waals surface area contributed by atoms with Gasteiger partial charge in [-0.2, -0.15) is 0 Å². The van der Waals surface area contributed by atoms with E-state index < -0.39 is 0 Å². The number of carbonyl (C=O) groups is 1. The lowest BCUT2D eigenvalue weighted by molar-refractivity contribution is 0.176. The number of benzene rings is 2. The first-order valence-corrected chi connectivity index (χ1v) is 9.92. The molecule has 1 aliphatic heterocycles. The van der Waals surface area contributed by atoms with Crippen molar-refractivity contribution in [1.29, 1.82) is 0 Å². The monoisotopic (exact) mass is 365 g/mol. The SMILES string of the molecule is Cc1ccc(NC(=O)NCc2ccc(CN3CCC[C@@H](C)C3)cc2)c(C)c1. The van der Waals surface area contributed by atoms with Crippen molar-refractivity contribution in [2.24, 2.45) is 5.92 Å². The van der Waals surface area contributed by atoms with E-state index in [9.17, 15) is 4.79 Å². The molecular weight excluding hydrogens is 334 g/mol. The minimum atomic E-state index is -0.173. The highest BCUT2D eigenvalue weighted by molar-refractivity contribution is 5.90. The predicted molar refractivity (Wildman–Crippen MR) is 112 cm³/mol. The highest BCUT2D eigenvalue weighted by Crippen LogP contribution is 2.18. The predicted octanol–water partition coefficient (Wildman–Crippen LogP) is 4.86. The molecule has 0 saturated carbocycles. The van der Waals surface area contributed by atoms with E-state index in [1.165, 1.54) is 37.1 Å². The van der Waals surface area contributed by atoms with Gasteiger partial charge in [0.25, 0.3) is 0 Å². The van der Waals surface area contributed by atoms with Gasteiger partial charge in [-0.3, -0.25) is 4.90 Å². The van der Waals surface area contributed by atoms with Gasteiger partial charge in [0.2, 0.25) is 0 Å². The van der Waals surface area contributed by atoms with E-state index in [0.717, 1.165) is 29.3 Å². The van der Waals surface area contributed by atoms with E-state index in [1.807, 2.05) is 26.0 Å². The van der Waals surface area contributed by atoms with E-state index in [1.54, 1.807) is 0 Å². The van der Waals surface area contributed by atoms with Gasteiger partial charge in [-0.05, 0) is 61.9 Å². The summed E-state index contributed by atoms with van der Waals surface area (Å²) in [5.74, 6) is 0.804. The number of hydrogen-bond donors (Lipinski definition) is 2. The topological polar surface area (TPSA) is 44.4 Å². The van der Waals surface area contributed by atoms with E-state index in [0.29, 0.717) is 6.54 Å². The van der Waals surface area contributed by atoms with Crippen molar-refractivity contribution < 1.29 is 4.79 Å². The zero-order valence-electron chi connectivity index (χ0n) is 16.7. The molecule has 144 valence electrons. The molecule has 1 fully saturated rings. The molecule has 0 aliphatic carbocycles. The molecule has 0 aromatic heterocycles. The molecular formula is C23H31N3O. The first kappa shape index (κ1) is 19.4. The van der Waals surface area contributed by atoms with E-state index in [2.05, 4.69) is 52.8 Å². The molecule has 0 bridgehead atoms. The molecule has 2 amide bonds. The fourth-order valence-electron chi connectivity index (χ4n) is 3.75. The van der Waals surface area contributed by atoms with Crippen molar-refractivity contribution >= 4 is 11.7 Å². The van der Waals surface area contributed by atoms with Crippen LogP contribution in [0.2, 0.25) is 0 Å². The van der Waals surface area contributed by atoms with Gasteiger partial charge in [-0.25, -0.2) is 4.79 Å². The number of hydrogen-bond acceptors (Lipinski definition) is 2. The number of carbonyl (C=O) groups excluding carboxylic acids is 1. The molecule has 1 heterocycles. The highest BCUT2D eigenvalue weighted by atomic mass is 16.2. The average molecular weight is 366 g/mol. The summed E-state index contributed by atoms with van der Waals surface area (Å²) in [4.78, 5) is 14.7. The van der Waals surface area contributed by atoms with Crippen LogP contribution in [0.5, 0.6) is 0 Å².